The molecule has 2 atom stereocenters. The van der Waals surface area contributed by atoms with Crippen LogP contribution in [0.15, 0.2) is 18.2 Å². The van der Waals surface area contributed by atoms with Gasteiger partial charge in [0.1, 0.15) is 6.10 Å². The van der Waals surface area contributed by atoms with Crippen molar-refractivity contribution in [1.29, 1.82) is 0 Å². The van der Waals surface area contributed by atoms with Crippen molar-refractivity contribution in [2.75, 3.05) is 0 Å². The third-order valence-electron chi connectivity index (χ3n) is 3.54. The molecule has 3 nitrogen and oxygen atoms in total. The maximum Gasteiger partial charge on any atom is 0.338 e. The zero-order chi connectivity index (χ0) is 16.2. The van der Waals surface area contributed by atoms with Crippen molar-refractivity contribution in [3.8, 4) is 0 Å². The average Bonchev–Trinajstić information content (AvgIpc) is 2.36. The molecule has 118 valence electrons. The molecule has 21 heavy (non-hydrogen) atoms. The number of ether oxygens (including phenoxy) is 1. The first-order valence-corrected chi connectivity index (χ1v) is 7.75. The van der Waals surface area contributed by atoms with Crippen LogP contribution in [0, 0.1) is 0 Å². The summed E-state index contributed by atoms with van der Waals surface area (Å²) in [5.41, 5.74) is 2.91. The van der Waals surface area contributed by atoms with Gasteiger partial charge in [-0.15, -0.1) is 0 Å². The molecule has 0 aromatic heterocycles. The monoisotopic (exact) mass is 292 g/mol. The van der Waals surface area contributed by atoms with E-state index in [1.165, 1.54) is 5.56 Å². The van der Waals surface area contributed by atoms with Gasteiger partial charge < -0.3 is 9.84 Å². The molecule has 0 radical (unpaired) electrons. The molecule has 3 heteroatoms. The van der Waals surface area contributed by atoms with Crippen molar-refractivity contribution in [3.05, 3.63) is 34.9 Å². The molecule has 1 rings (SSSR count). The molecule has 0 aliphatic rings. The summed E-state index contributed by atoms with van der Waals surface area (Å²) in [6.07, 6.45) is -0.313. The predicted octanol–water partition coefficient (Wildman–Crippen LogP) is 4.25. The van der Waals surface area contributed by atoms with E-state index in [4.69, 9.17) is 4.74 Å². The first-order chi connectivity index (χ1) is 9.73. The van der Waals surface area contributed by atoms with Crippen LogP contribution in [0.3, 0.4) is 0 Å². The van der Waals surface area contributed by atoms with Crippen LogP contribution in [-0.4, -0.2) is 23.3 Å². The number of carbonyl (C=O) groups excluding carboxylic acids is 1. The van der Waals surface area contributed by atoms with E-state index >= 15 is 0 Å². The second-order valence-electron chi connectivity index (χ2n) is 6.42. The van der Waals surface area contributed by atoms with Crippen molar-refractivity contribution in [3.63, 3.8) is 0 Å². The minimum absolute atomic E-state index is 0.262. The van der Waals surface area contributed by atoms with Gasteiger partial charge in [0.25, 0.3) is 0 Å². The highest BCUT2D eigenvalue weighted by molar-refractivity contribution is 5.92. The lowest BCUT2D eigenvalue weighted by Gasteiger charge is -2.21. The van der Waals surface area contributed by atoms with Gasteiger partial charge in [-0.05, 0) is 42.9 Å². The number of rotatable bonds is 6. The van der Waals surface area contributed by atoms with Gasteiger partial charge in [-0.1, -0.05) is 39.8 Å². The molecule has 0 aliphatic carbocycles. The predicted molar refractivity (Wildman–Crippen MR) is 85.8 cm³/mol. The van der Waals surface area contributed by atoms with E-state index in [0.717, 1.165) is 5.56 Å². The normalized spacial score (nSPS) is 14.3. The lowest BCUT2D eigenvalue weighted by molar-refractivity contribution is 0.0220. The summed E-state index contributed by atoms with van der Waals surface area (Å²) in [5.74, 6) is 0.331. The van der Waals surface area contributed by atoms with Gasteiger partial charge in [0.2, 0.25) is 0 Å². The molecule has 0 saturated carbocycles. The Kier molecular flexibility index (Phi) is 6.41. The molecule has 1 N–H and O–H groups in total. The Morgan fingerprint density at radius 1 is 1.10 bits per heavy atom. The Morgan fingerprint density at radius 3 is 2.19 bits per heavy atom. The number of hydrogen-bond acceptors (Lipinski definition) is 3. The molecule has 0 aliphatic heterocycles. The fourth-order valence-electron chi connectivity index (χ4n) is 2.68. The van der Waals surface area contributed by atoms with E-state index in [0.29, 0.717) is 17.9 Å². The van der Waals surface area contributed by atoms with Gasteiger partial charge >= 0.3 is 5.97 Å². The van der Waals surface area contributed by atoms with Crippen molar-refractivity contribution in [1.82, 2.24) is 0 Å². The van der Waals surface area contributed by atoms with E-state index in [-0.39, 0.29) is 18.0 Å². The minimum Gasteiger partial charge on any atom is -0.459 e. The molecular formula is C18H28O3. The maximum atomic E-state index is 12.4. The fraction of sp³-hybridized carbons (Fsp3) is 0.611. The standard InChI is InChI=1S/C18H28O3/c1-11(2)15-8-7-9-16(17(15)12(3)4)18(20)21-14(6)10-13(5)19/h7-9,11-14,19H,10H2,1-6H3. The molecule has 0 heterocycles. The van der Waals surface area contributed by atoms with Crippen molar-refractivity contribution >= 4 is 5.97 Å². The molecule has 0 spiro atoms. The molecular weight excluding hydrogens is 264 g/mol. The van der Waals surface area contributed by atoms with Crippen LogP contribution >= 0.6 is 0 Å². The van der Waals surface area contributed by atoms with E-state index in [1.807, 2.05) is 19.1 Å². The highest BCUT2D eigenvalue weighted by Crippen LogP contribution is 2.30. The van der Waals surface area contributed by atoms with Gasteiger partial charge in [0.15, 0.2) is 0 Å². The van der Waals surface area contributed by atoms with Gasteiger partial charge in [-0.2, -0.15) is 0 Å². The lowest BCUT2D eigenvalue weighted by Crippen LogP contribution is -2.21. The number of esters is 1. The highest BCUT2D eigenvalue weighted by atomic mass is 16.5. The number of hydrogen-bond donors (Lipinski definition) is 1. The summed E-state index contributed by atoms with van der Waals surface area (Å²) in [6, 6.07) is 5.83. The van der Waals surface area contributed by atoms with E-state index in [2.05, 4.69) is 33.8 Å². The number of benzene rings is 1. The molecule has 0 amide bonds. The number of aliphatic hydroxyl groups is 1. The van der Waals surface area contributed by atoms with Crippen molar-refractivity contribution in [2.45, 2.75) is 72.0 Å². The molecule has 2 unspecified atom stereocenters. The van der Waals surface area contributed by atoms with Crippen LogP contribution in [0.2, 0.25) is 0 Å². The lowest BCUT2D eigenvalue weighted by atomic mass is 9.87. The molecule has 1 aromatic carbocycles. The van der Waals surface area contributed by atoms with E-state index in [9.17, 15) is 9.90 Å². The topological polar surface area (TPSA) is 46.5 Å². The zero-order valence-electron chi connectivity index (χ0n) is 14.0. The second-order valence-corrected chi connectivity index (χ2v) is 6.42. The Balaban J connectivity index is 3.06. The van der Waals surface area contributed by atoms with Crippen molar-refractivity contribution in [2.24, 2.45) is 0 Å². The summed E-state index contributed by atoms with van der Waals surface area (Å²) < 4.78 is 5.47. The average molecular weight is 292 g/mol. The molecule has 0 bridgehead atoms. The minimum atomic E-state index is -0.473. The van der Waals surface area contributed by atoms with Gasteiger partial charge in [-0.3, -0.25) is 0 Å². The summed E-state index contributed by atoms with van der Waals surface area (Å²) in [4.78, 5) is 12.4. The quantitative estimate of drug-likeness (QED) is 0.797. The number of aliphatic hydroxyl groups excluding tert-OH is 1. The van der Waals surface area contributed by atoms with E-state index in [1.54, 1.807) is 6.92 Å². The Hall–Kier alpha value is -1.35. The summed E-state index contributed by atoms with van der Waals surface area (Å²) >= 11 is 0. The third-order valence-corrected chi connectivity index (χ3v) is 3.54. The highest BCUT2D eigenvalue weighted by Gasteiger charge is 2.21. The summed E-state index contributed by atoms with van der Waals surface area (Å²) in [7, 11) is 0. The first kappa shape index (κ1) is 17.7. The van der Waals surface area contributed by atoms with Gasteiger partial charge in [0, 0.05) is 6.42 Å². The first-order valence-electron chi connectivity index (χ1n) is 7.75. The Bertz CT molecular complexity index is 475. The molecule has 0 fully saturated rings. The Morgan fingerprint density at radius 2 is 1.71 bits per heavy atom. The van der Waals surface area contributed by atoms with Crippen LogP contribution in [0.25, 0.3) is 0 Å². The zero-order valence-corrected chi connectivity index (χ0v) is 14.0. The van der Waals surface area contributed by atoms with Gasteiger partial charge in [0.05, 0.1) is 11.7 Å². The summed E-state index contributed by atoms with van der Waals surface area (Å²) in [5, 5.41) is 9.37. The Labute approximate surface area is 128 Å². The smallest absolute Gasteiger partial charge is 0.338 e. The third kappa shape index (κ3) is 4.85. The van der Waals surface area contributed by atoms with Crippen molar-refractivity contribution < 1.29 is 14.6 Å². The fourth-order valence-corrected chi connectivity index (χ4v) is 2.68. The van der Waals surface area contributed by atoms with Gasteiger partial charge in [-0.25, -0.2) is 4.79 Å². The largest absolute Gasteiger partial charge is 0.459 e. The van der Waals surface area contributed by atoms with E-state index < -0.39 is 6.10 Å². The molecule has 1 aromatic rings. The SMILES string of the molecule is CC(O)CC(C)OC(=O)c1cccc(C(C)C)c1C(C)C. The van der Waals surface area contributed by atoms with Crippen LogP contribution in [-0.2, 0) is 4.74 Å². The van der Waals surface area contributed by atoms with Crippen LogP contribution in [0.5, 0.6) is 0 Å². The summed E-state index contributed by atoms with van der Waals surface area (Å²) in [6.45, 7) is 12.0. The van der Waals surface area contributed by atoms with Crippen LogP contribution in [0.4, 0.5) is 0 Å². The number of carbonyl (C=O) groups is 1. The second kappa shape index (κ2) is 7.60. The molecule has 0 saturated heterocycles. The van der Waals surface area contributed by atoms with Crippen LogP contribution in [0.1, 0.15) is 81.3 Å². The maximum absolute atomic E-state index is 12.4. The van der Waals surface area contributed by atoms with Crippen LogP contribution < -0.4 is 0 Å².